The highest BCUT2D eigenvalue weighted by molar-refractivity contribution is 5.83. The van der Waals surface area contributed by atoms with Crippen molar-refractivity contribution in [3.63, 3.8) is 0 Å². The SMILES string of the molecule is CC(C)(C(=O)N1CCNCC1)n1ccc(=O)cc1. The summed E-state index contributed by atoms with van der Waals surface area (Å²) in [5.74, 6) is 0.0904. The molecule has 5 heteroatoms. The summed E-state index contributed by atoms with van der Waals surface area (Å²) in [6.45, 7) is 6.91. The summed E-state index contributed by atoms with van der Waals surface area (Å²) in [6.07, 6.45) is 3.34. The molecule has 1 aliphatic rings. The maximum absolute atomic E-state index is 12.5. The van der Waals surface area contributed by atoms with E-state index in [1.807, 2.05) is 18.7 Å². The van der Waals surface area contributed by atoms with E-state index in [1.54, 1.807) is 17.0 Å². The van der Waals surface area contributed by atoms with Crippen LogP contribution in [0.1, 0.15) is 13.8 Å². The zero-order valence-electron chi connectivity index (χ0n) is 10.8. The number of carbonyl (C=O) groups is 1. The standard InChI is InChI=1S/C13H19N3O2/c1-13(2,16-7-3-11(17)4-8-16)12(18)15-9-5-14-6-10-15/h3-4,7-8,14H,5-6,9-10H2,1-2H3. The van der Waals surface area contributed by atoms with Crippen molar-refractivity contribution in [1.29, 1.82) is 0 Å². The number of hydrogen-bond acceptors (Lipinski definition) is 3. The van der Waals surface area contributed by atoms with E-state index in [0.717, 1.165) is 26.2 Å². The van der Waals surface area contributed by atoms with Crippen LogP contribution >= 0.6 is 0 Å². The van der Waals surface area contributed by atoms with Gasteiger partial charge in [0.2, 0.25) is 5.91 Å². The molecular weight excluding hydrogens is 230 g/mol. The van der Waals surface area contributed by atoms with Gasteiger partial charge in [-0.3, -0.25) is 9.59 Å². The first kappa shape index (κ1) is 12.8. The minimum Gasteiger partial charge on any atom is -0.340 e. The Bertz CT molecular complexity index is 467. The Morgan fingerprint density at radius 1 is 1.22 bits per heavy atom. The second-order valence-corrected chi connectivity index (χ2v) is 5.04. The molecule has 1 N–H and O–H groups in total. The average Bonchev–Trinajstić information content (AvgIpc) is 2.39. The van der Waals surface area contributed by atoms with Crippen LogP contribution in [-0.2, 0) is 10.3 Å². The molecule has 98 valence electrons. The van der Waals surface area contributed by atoms with E-state index < -0.39 is 5.54 Å². The summed E-state index contributed by atoms with van der Waals surface area (Å²) in [6, 6.07) is 2.96. The van der Waals surface area contributed by atoms with Crippen LogP contribution in [0.4, 0.5) is 0 Å². The molecule has 2 rings (SSSR count). The maximum Gasteiger partial charge on any atom is 0.248 e. The molecule has 0 unspecified atom stereocenters. The van der Waals surface area contributed by atoms with Crippen LogP contribution in [0.5, 0.6) is 0 Å². The normalized spacial score (nSPS) is 16.7. The van der Waals surface area contributed by atoms with Crippen LogP contribution in [0.3, 0.4) is 0 Å². The Labute approximate surface area is 106 Å². The summed E-state index contributed by atoms with van der Waals surface area (Å²) >= 11 is 0. The van der Waals surface area contributed by atoms with Crippen LogP contribution in [0.15, 0.2) is 29.3 Å². The van der Waals surface area contributed by atoms with E-state index in [-0.39, 0.29) is 11.3 Å². The zero-order valence-corrected chi connectivity index (χ0v) is 10.8. The lowest BCUT2D eigenvalue weighted by atomic mass is 10.0. The summed E-state index contributed by atoms with van der Waals surface area (Å²) in [4.78, 5) is 25.5. The van der Waals surface area contributed by atoms with Crippen LogP contribution in [0.25, 0.3) is 0 Å². The van der Waals surface area contributed by atoms with Gasteiger partial charge in [0.1, 0.15) is 5.54 Å². The fraction of sp³-hybridized carbons (Fsp3) is 0.538. The number of nitrogens with one attached hydrogen (secondary N) is 1. The van der Waals surface area contributed by atoms with Gasteiger partial charge >= 0.3 is 0 Å². The van der Waals surface area contributed by atoms with Crippen molar-refractivity contribution in [3.8, 4) is 0 Å². The third kappa shape index (κ3) is 2.46. The topological polar surface area (TPSA) is 54.3 Å². The molecule has 0 saturated carbocycles. The lowest BCUT2D eigenvalue weighted by Gasteiger charge is -2.36. The molecular formula is C13H19N3O2. The van der Waals surface area contributed by atoms with Gasteiger partial charge < -0.3 is 14.8 Å². The number of pyridine rings is 1. The Hall–Kier alpha value is -1.62. The van der Waals surface area contributed by atoms with Crippen LogP contribution < -0.4 is 10.7 Å². The fourth-order valence-corrected chi connectivity index (χ4v) is 2.15. The van der Waals surface area contributed by atoms with Gasteiger partial charge in [-0.2, -0.15) is 0 Å². The zero-order chi connectivity index (χ0) is 13.2. The van der Waals surface area contributed by atoms with Crippen molar-refractivity contribution in [1.82, 2.24) is 14.8 Å². The molecule has 0 spiro atoms. The van der Waals surface area contributed by atoms with Gasteiger partial charge in [0.15, 0.2) is 5.43 Å². The summed E-state index contributed by atoms with van der Waals surface area (Å²) in [5, 5.41) is 3.23. The predicted molar refractivity (Wildman–Crippen MR) is 69.5 cm³/mol. The van der Waals surface area contributed by atoms with E-state index in [2.05, 4.69) is 5.32 Å². The van der Waals surface area contributed by atoms with E-state index >= 15 is 0 Å². The number of amides is 1. The fourth-order valence-electron chi connectivity index (χ4n) is 2.15. The van der Waals surface area contributed by atoms with Crippen molar-refractivity contribution >= 4 is 5.91 Å². The second kappa shape index (κ2) is 4.94. The lowest BCUT2D eigenvalue weighted by molar-refractivity contribution is -0.139. The quantitative estimate of drug-likeness (QED) is 0.803. The van der Waals surface area contributed by atoms with Gasteiger partial charge in [0, 0.05) is 50.7 Å². The number of aromatic nitrogens is 1. The molecule has 18 heavy (non-hydrogen) atoms. The van der Waals surface area contributed by atoms with Gasteiger partial charge in [-0.15, -0.1) is 0 Å². The van der Waals surface area contributed by atoms with Crippen molar-refractivity contribution in [3.05, 3.63) is 34.7 Å². The van der Waals surface area contributed by atoms with Gasteiger partial charge in [-0.05, 0) is 13.8 Å². The number of rotatable bonds is 2. The number of hydrogen-bond donors (Lipinski definition) is 1. The Kier molecular flexibility index (Phi) is 3.52. The van der Waals surface area contributed by atoms with Gasteiger partial charge in [0.25, 0.3) is 0 Å². The van der Waals surface area contributed by atoms with Crippen LogP contribution in [0, 0.1) is 0 Å². The summed E-state index contributed by atoms with van der Waals surface area (Å²) in [7, 11) is 0. The maximum atomic E-state index is 12.5. The predicted octanol–water partition coefficient (Wildman–Crippen LogP) is 0.0152. The highest BCUT2D eigenvalue weighted by atomic mass is 16.2. The molecule has 0 atom stereocenters. The van der Waals surface area contributed by atoms with Gasteiger partial charge in [-0.1, -0.05) is 0 Å². The van der Waals surface area contributed by atoms with Gasteiger partial charge in [-0.25, -0.2) is 0 Å². The molecule has 5 nitrogen and oxygen atoms in total. The molecule has 1 amide bonds. The van der Waals surface area contributed by atoms with E-state index in [1.165, 1.54) is 12.1 Å². The van der Waals surface area contributed by atoms with Crippen molar-refractivity contribution in [2.45, 2.75) is 19.4 Å². The first-order chi connectivity index (χ1) is 8.51. The van der Waals surface area contributed by atoms with Gasteiger partial charge in [0.05, 0.1) is 0 Å². The molecule has 1 aromatic rings. The minimum absolute atomic E-state index is 0.0447. The van der Waals surface area contributed by atoms with Crippen LogP contribution in [0.2, 0.25) is 0 Å². The molecule has 1 saturated heterocycles. The molecule has 1 fully saturated rings. The summed E-state index contributed by atoms with van der Waals surface area (Å²) < 4.78 is 1.79. The molecule has 1 aromatic heterocycles. The molecule has 0 aliphatic carbocycles. The molecule has 0 aromatic carbocycles. The Morgan fingerprint density at radius 3 is 2.33 bits per heavy atom. The smallest absolute Gasteiger partial charge is 0.248 e. The molecule has 0 bridgehead atoms. The Balaban J connectivity index is 2.21. The van der Waals surface area contributed by atoms with E-state index in [4.69, 9.17) is 0 Å². The second-order valence-electron chi connectivity index (χ2n) is 5.04. The first-order valence-corrected chi connectivity index (χ1v) is 6.21. The minimum atomic E-state index is -0.662. The molecule has 2 heterocycles. The number of piperazine rings is 1. The van der Waals surface area contributed by atoms with Crippen molar-refractivity contribution in [2.75, 3.05) is 26.2 Å². The van der Waals surface area contributed by atoms with Crippen molar-refractivity contribution in [2.24, 2.45) is 0 Å². The highest BCUT2D eigenvalue weighted by Crippen LogP contribution is 2.18. The highest BCUT2D eigenvalue weighted by Gasteiger charge is 2.33. The number of nitrogens with zero attached hydrogens (tertiary/aromatic N) is 2. The molecule has 1 aliphatic heterocycles. The van der Waals surface area contributed by atoms with Crippen molar-refractivity contribution < 1.29 is 4.79 Å². The number of carbonyl (C=O) groups excluding carboxylic acids is 1. The third-order valence-corrected chi connectivity index (χ3v) is 3.37. The summed E-state index contributed by atoms with van der Waals surface area (Å²) in [5.41, 5.74) is -0.706. The van der Waals surface area contributed by atoms with E-state index in [0.29, 0.717) is 0 Å². The lowest BCUT2D eigenvalue weighted by Crippen LogP contribution is -2.53. The largest absolute Gasteiger partial charge is 0.340 e. The van der Waals surface area contributed by atoms with E-state index in [9.17, 15) is 9.59 Å². The van der Waals surface area contributed by atoms with Crippen LogP contribution in [-0.4, -0.2) is 41.6 Å². The third-order valence-electron chi connectivity index (χ3n) is 3.37. The Morgan fingerprint density at radius 2 is 1.78 bits per heavy atom. The average molecular weight is 249 g/mol. The molecule has 0 radical (unpaired) electrons. The monoisotopic (exact) mass is 249 g/mol. The first-order valence-electron chi connectivity index (χ1n) is 6.21.